The number of hydrogen-bond donors (Lipinski definition) is 1. The number of rotatable bonds is 3. The first-order valence-corrected chi connectivity index (χ1v) is 5.69. The van der Waals surface area contributed by atoms with Gasteiger partial charge in [0.2, 0.25) is 5.95 Å². The maximum atomic E-state index is 13.2. The highest BCUT2D eigenvalue weighted by Crippen LogP contribution is 2.23. The average Bonchev–Trinajstić information content (AvgIpc) is 2.41. The Kier molecular flexibility index (Phi) is 4.03. The van der Waals surface area contributed by atoms with E-state index >= 15 is 0 Å². The van der Waals surface area contributed by atoms with Crippen molar-refractivity contribution in [2.45, 2.75) is 0 Å². The first kappa shape index (κ1) is 14.7. The molecule has 0 radical (unpaired) electrons. The van der Waals surface area contributed by atoms with E-state index in [-0.39, 0.29) is 11.1 Å². The molecule has 0 aliphatic rings. The molecule has 0 aliphatic heterocycles. The Balaban J connectivity index is 2.39. The molecule has 0 saturated heterocycles. The Morgan fingerprint density at radius 1 is 1.33 bits per heavy atom. The van der Waals surface area contributed by atoms with Gasteiger partial charge in [0.05, 0.1) is 11.0 Å². The number of hydrogen-bond acceptors (Lipinski definition) is 5. The van der Waals surface area contributed by atoms with E-state index in [2.05, 4.69) is 15.3 Å². The van der Waals surface area contributed by atoms with E-state index in [9.17, 15) is 23.7 Å². The Bertz CT molecular complexity index is 741. The van der Waals surface area contributed by atoms with Crippen molar-refractivity contribution >= 4 is 29.1 Å². The number of nitro groups is 1. The third kappa shape index (κ3) is 3.26. The summed E-state index contributed by atoms with van der Waals surface area (Å²) in [6.45, 7) is 0. The highest BCUT2D eigenvalue weighted by Gasteiger charge is 2.24. The molecule has 1 aromatic carbocycles. The molecule has 0 aliphatic carbocycles. The third-order valence-electron chi connectivity index (χ3n) is 2.33. The molecule has 7 nitrogen and oxygen atoms in total. The van der Waals surface area contributed by atoms with Gasteiger partial charge in [0.1, 0.15) is 10.7 Å². The second kappa shape index (κ2) is 5.75. The van der Waals surface area contributed by atoms with Gasteiger partial charge in [0.15, 0.2) is 11.6 Å². The molecule has 0 unspecified atom stereocenters. The summed E-state index contributed by atoms with van der Waals surface area (Å²) < 4.78 is 26.2. The number of nitrogens with one attached hydrogen (secondary N) is 1. The van der Waals surface area contributed by atoms with Crippen LogP contribution < -0.4 is 5.32 Å². The lowest BCUT2D eigenvalue weighted by Gasteiger charge is -2.05. The van der Waals surface area contributed by atoms with Crippen molar-refractivity contribution in [3.63, 3.8) is 0 Å². The zero-order chi connectivity index (χ0) is 15.6. The summed E-state index contributed by atoms with van der Waals surface area (Å²) in [6.07, 6.45) is 1.24. The summed E-state index contributed by atoms with van der Waals surface area (Å²) in [5, 5.41) is 12.9. The largest absolute Gasteiger partial charge is 0.290 e. The topological polar surface area (TPSA) is 98.0 Å². The molecule has 21 heavy (non-hydrogen) atoms. The molecule has 0 bridgehead atoms. The van der Waals surface area contributed by atoms with Crippen molar-refractivity contribution < 1.29 is 18.5 Å². The first-order chi connectivity index (χ1) is 9.88. The van der Waals surface area contributed by atoms with Gasteiger partial charge >= 0.3 is 0 Å². The number of aromatic nitrogens is 2. The van der Waals surface area contributed by atoms with Crippen molar-refractivity contribution in [2.75, 3.05) is 5.32 Å². The van der Waals surface area contributed by atoms with Gasteiger partial charge in [-0.1, -0.05) is 11.6 Å². The van der Waals surface area contributed by atoms with E-state index in [1.165, 1.54) is 12.3 Å². The van der Waals surface area contributed by atoms with Gasteiger partial charge in [-0.15, -0.1) is 0 Å². The minimum Gasteiger partial charge on any atom is -0.290 e. The van der Waals surface area contributed by atoms with E-state index in [0.717, 1.165) is 0 Å². The molecule has 0 spiro atoms. The standard InChI is InChI=1S/C11H5ClF2N4O3/c12-9-1-2-15-11(16-9)17-10(19)5-3-6(13)7(14)4-8(5)18(20)21/h1-4H,(H,15,16,17,19). The number of amides is 1. The van der Waals surface area contributed by atoms with Crippen LogP contribution in [0.5, 0.6) is 0 Å². The molecule has 2 aromatic rings. The minimum absolute atomic E-state index is 0.0279. The summed E-state index contributed by atoms with van der Waals surface area (Å²) >= 11 is 5.58. The number of nitrogens with zero attached hydrogens (tertiary/aromatic N) is 3. The lowest BCUT2D eigenvalue weighted by Crippen LogP contribution is -2.16. The van der Waals surface area contributed by atoms with Crippen LogP contribution in [0, 0.1) is 21.7 Å². The number of carbonyl (C=O) groups is 1. The predicted molar refractivity (Wildman–Crippen MR) is 68.0 cm³/mol. The molecule has 1 aromatic heterocycles. The number of anilines is 1. The van der Waals surface area contributed by atoms with Crippen LogP contribution in [0.1, 0.15) is 10.4 Å². The van der Waals surface area contributed by atoms with E-state index in [0.29, 0.717) is 12.1 Å². The summed E-state index contributed by atoms with van der Waals surface area (Å²) in [5.74, 6) is -4.12. The Labute approximate surface area is 120 Å². The van der Waals surface area contributed by atoms with Crippen LogP contribution in [0.4, 0.5) is 20.4 Å². The Hall–Kier alpha value is -2.68. The molecule has 2 rings (SSSR count). The Morgan fingerprint density at radius 2 is 2.00 bits per heavy atom. The number of benzene rings is 1. The Morgan fingerprint density at radius 3 is 2.62 bits per heavy atom. The van der Waals surface area contributed by atoms with Crippen LogP contribution in [0.3, 0.4) is 0 Å². The number of carbonyl (C=O) groups excluding carboxylic acids is 1. The first-order valence-electron chi connectivity index (χ1n) is 5.32. The highest BCUT2D eigenvalue weighted by molar-refractivity contribution is 6.29. The minimum atomic E-state index is -1.43. The number of halogens is 3. The molecule has 0 atom stereocenters. The van der Waals surface area contributed by atoms with Gasteiger partial charge in [0, 0.05) is 6.20 Å². The molecule has 1 heterocycles. The van der Waals surface area contributed by atoms with E-state index < -0.39 is 33.7 Å². The summed E-state index contributed by atoms with van der Waals surface area (Å²) in [6, 6.07) is 2.09. The van der Waals surface area contributed by atoms with Crippen LogP contribution in [0.15, 0.2) is 24.4 Å². The van der Waals surface area contributed by atoms with Gasteiger partial charge in [0.25, 0.3) is 11.6 Å². The fraction of sp³-hybridized carbons (Fsp3) is 0. The van der Waals surface area contributed by atoms with Crippen LogP contribution in [0.2, 0.25) is 5.15 Å². The van der Waals surface area contributed by atoms with Crippen molar-refractivity contribution in [1.29, 1.82) is 0 Å². The average molecular weight is 315 g/mol. The second-order valence-electron chi connectivity index (χ2n) is 3.70. The zero-order valence-corrected chi connectivity index (χ0v) is 10.8. The van der Waals surface area contributed by atoms with Crippen molar-refractivity contribution in [1.82, 2.24) is 9.97 Å². The second-order valence-corrected chi connectivity index (χ2v) is 4.08. The number of nitro benzene ring substituents is 1. The molecule has 1 N–H and O–H groups in total. The van der Waals surface area contributed by atoms with Gasteiger partial charge < -0.3 is 0 Å². The lowest BCUT2D eigenvalue weighted by atomic mass is 10.1. The normalized spacial score (nSPS) is 10.2. The molecule has 0 fully saturated rings. The van der Waals surface area contributed by atoms with Gasteiger partial charge in [-0.25, -0.2) is 18.7 Å². The lowest BCUT2D eigenvalue weighted by molar-refractivity contribution is -0.385. The molecular formula is C11H5ClF2N4O3. The quantitative estimate of drug-likeness (QED) is 0.533. The van der Waals surface area contributed by atoms with Crippen LogP contribution in [0.25, 0.3) is 0 Å². The summed E-state index contributed by atoms with van der Waals surface area (Å²) in [5.41, 5.74) is -1.55. The van der Waals surface area contributed by atoms with E-state index in [1.54, 1.807) is 0 Å². The molecule has 108 valence electrons. The van der Waals surface area contributed by atoms with Crippen LogP contribution in [-0.2, 0) is 0 Å². The van der Waals surface area contributed by atoms with Crippen molar-refractivity contribution in [2.24, 2.45) is 0 Å². The van der Waals surface area contributed by atoms with Gasteiger partial charge in [-0.2, -0.15) is 0 Å². The maximum absolute atomic E-state index is 13.2. The maximum Gasteiger partial charge on any atom is 0.285 e. The molecule has 0 saturated carbocycles. The zero-order valence-electron chi connectivity index (χ0n) is 10.0. The fourth-order valence-electron chi connectivity index (χ4n) is 1.44. The highest BCUT2D eigenvalue weighted by atomic mass is 35.5. The third-order valence-corrected chi connectivity index (χ3v) is 2.54. The molecule has 10 heteroatoms. The van der Waals surface area contributed by atoms with Crippen LogP contribution in [-0.4, -0.2) is 20.8 Å². The monoisotopic (exact) mass is 314 g/mol. The molecular weight excluding hydrogens is 310 g/mol. The van der Waals surface area contributed by atoms with Gasteiger partial charge in [-0.3, -0.25) is 20.2 Å². The van der Waals surface area contributed by atoms with E-state index in [1.807, 2.05) is 0 Å². The predicted octanol–water partition coefficient (Wildman–Crippen LogP) is 2.57. The van der Waals surface area contributed by atoms with Crippen molar-refractivity contribution in [3.05, 3.63) is 56.9 Å². The molecule has 1 amide bonds. The van der Waals surface area contributed by atoms with Gasteiger partial charge in [-0.05, 0) is 12.1 Å². The van der Waals surface area contributed by atoms with Crippen molar-refractivity contribution in [3.8, 4) is 0 Å². The SMILES string of the molecule is O=C(Nc1nccc(Cl)n1)c1cc(F)c(F)cc1[N+](=O)[O-]. The fourth-order valence-corrected chi connectivity index (χ4v) is 1.57. The smallest absolute Gasteiger partial charge is 0.285 e. The van der Waals surface area contributed by atoms with Crippen LogP contribution >= 0.6 is 11.6 Å². The van der Waals surface area contributed by atoms with E-state index in [4.69, 9.17) is 11.6 Å². The summed E-state index contributed by atoms with van der Waals surface area (Å²) in [7, 11) is 0. The summed E-state index contributed by atoms with van der Waals surface area (Å²) in [4.78, 5) is 29.0.